The second-order valence-electron chi connectivity index (χ2n) is 4.84. The van der Waals surface area contributed by atoms with E-state index >= 15 is 0 Å². The summed E-state index contributed by atoms with van der Waals surface area (Å²) in [6, 6.07) is 5.54. The van der Waals surface area contributed by atoms with Gasteiger partial charge in [0.1, 0.15) is 0 Å². The van der Waals surface area contributed by atoms with Crippen molar-refractivity contribution < 1.29 is 14.3 Å². The van der Waals surface area contributed by atoms with Gasteiger partial charge in [-0.3, -0.25) is 9.59 Å². The molecule has 0 radical (unpaired) electrons. The molecule has 19 heavy (non-hydrogen) atoms. The van der Waals surface area contributed by atoms with Gasteiger partial charge in [0.15, 0.2) is 0 Å². The van der Waals surface area contributed by atoms with E-state index in [1.807, 2.05) is 26.0 Å². The van der Waals surface area contributed by atoms with Crippen LogP contribution in [0.2, 0.25) is 0 Å². The van der Waals surface area contributed by atoms with Gasteiger partial charge in [-0.05, 0) is 51.0 Å². The molecule has 0 aliphatic rings. The van der Waals surface area contributed by atoms with Gasteiger partial charge >= 0.3 is 5.97 Å². The number of benzene rings is 1. The summed E-state index contributed by atoms with van der Waals surface area (Å²) in [5.41, 5.74) is 2.84. The van der Waals surface area contributed by atoms with Crippen LogP contribution < -0.4 is 5.32 Å². The van der Waals surface area contributed by atoms with Gasteiger partial charge in [0.25, 0.3) is 5.91 Å². The average Bonchev–Trinajstić information content (AvgIpc) is 2.31. The molecule has 0 saturated carbocycles. The highest BCUT2D eigenvalue weighted by Gasteiger charge is 2.09. The molecule has 0 atom stereocenters. The SMILES string of the molecule is Cc1ccc(C(=O)NCCC(=O)OC(C)C)cc1C. The molecule has 1 aromatic rings. The number of nitrogens with one attached hydrogen (secondary N) is 1. The molecule has 1 rings (SSSR count). The van der Waals surface area contributed by atoms with Crippen molar-refractivity contribution in [3.8, 4) is 0 Å². The summed E-state index contributed by atoms with van der Waals surface area (Å²) in [6.07, 6.45) is 0.0670. The Morgan fingerprint density at radius 3 is 2.47 bits per heavy atom. The second-order valence-corrected chi connectivity index (χ2v) is 4.84. The van der Waals surface area contributed by atoms with Gasteiger partial charge in [-0.2, -0.15) is 0 Å². The predicted molar refractivity (Wildman–Crippen MR) is 74.1 cm³/mol. The molecule has 104 valence electrons. The Morgan fingerprint density at radius 1 is 1.21 bits per heavy atom. The minimum atomic E-state index is -0.296. The number of esters is 1. The lowest BCUT2D eigenvalue weighted by atomic mass is 10.1. The first-order valence-corrected chi connectivity index (χ1v) is 6.45. The molecule has 1 aromatic carbocycles. The highest BCUT2D eigenvalue weighted by atomic mass is 16.5. The van der Waals surface area contributed by atoms with Gasteiger partial charge in [0.2, 0.25) is 0 Å². The summed E-state index contributed by atoms with van der Waals surface area (Å²) in [6.45, 7) is 7.85. The predicted octanol–water partition coefficient (Wildman–Crippen LogP) is 2.37. The molecule has 0 heterocycles. The van der Waals surface area contributed by atoms with Crippen molar-refractivity contribution in [1.29, 1.82) is 0 Å². The Kier molecular flexibility index (Phi) is 5.55. The molecule has 0 aliphatic carbocycles. The zero-order valence-corrected chi connectivity index (χ0v) is 11.9. The smallest absolute Gasteiger partial charge is 0.307 e. The van der Waals surface area contributed by atoms with Gasteiger partial charge < -0.3 is 10.1 Å². The fourth-order valence-corrected chi connectivity index (χ4v) is 1.58. The van der Waals surface area contributed by atoms with E-state index in [1.165, 1.54) is 0 Å². The number of rotatable bonds is 5. The number of aryl methyl sites for hydroxylation is 2. The Hall–Kier alpha value is -1.84. The molecule has 0 spiro atoms. The number of amides is 1. The largest absolute Gasteiger partial charge is 0.463 e. The molecule has 0 bridgehead atoms. The van der Waals surface area contributed by atoms with E-state index in [2.05, 4.69) is 5.32 Å². The van der Waals surface area contributed by atoms with Gasteiger partial charge in [0.05, 0.1) is 12.5 Å². The minimum absolute atomic E-state index is 0.122. The molecule has 0 fully saturated rings. The first kappa shape index (κ1) is 15.2. The highest BCUT2D eigenvalue weighted by molar-refractivity contribution is 5.94. The summed E-state index contributed by atoms with van der Waals surface area (Å²) in [5.74, 6) is -0.462. The molecule has 0 unspecified atom stereocenters. The summed E-state index contributed by atoms with van der Waals surface area (Å²) >= 11 is 0. The average molecular weight is 263 g/mol. The lowest BCUT2D eigenvalue weighted by molar-refractivity contribution is -0.147. The molecular weight excluding hydrogens is 242 g/mol. The van der Waals surface area contributed by atoms with Crippen molar-refractivity contribution in [2.75, 3.05) is 6.54 Å². The van der Waals surface area contributed by atoms with Gasteiger partial charge in [-0.1, -0.05) is 6.07 Å². The quantitative estimate of drug-likeness (QED) is 0.830. The fourth-order valence-electron chi connectivity index (χ4n) is 1.58. The van der Waals surface area contributed by atoms with Crippen LogP contribution in [0.15, 0.2) is 18.2 Å². The topological polar surface area (TPSA) is 55.4 Å². The third-order valence-corrected chi connectivity index (χ3v) is 2.75. The maximum Gasteiger partial charge on any atom is 0.307 e. The lowest BCUT2D eigenvalue weighted by Gasteiger charge is -2.09. The van der Waals surface area contributed by atoms with Crippen LogP contribution in [0.3, 0.4) is 0 Å². The molecule has 4 heteroatoms. The Morgan fingerprint density at radius 2 is 1.89 bits per heavy atom. The monoisotopic (exact) mass is 263 g/mol. The molecule has 1 N–H and O–H groups in total. The van der Waals surface area contributed by atoms with Gasteiger partial charge in [-0.25, -0.2) is 0 Å². The van der Waals surface area contributed by atoms with Crippen LogP contribution in [0, 0.1) is 13.8 Å². The van der Waals surface area contributed by atoms with E-state index in [0.717, 1.165) is 11.1 Å². The van der Waals surface area contributed by atoms with Crippen molar-refractivity contribution in [3.63, 3.8) is 0 Å². The van der Waals surface area contributed by atoms with Crippen molar-refractivity contribution in [2.24, 2.45) is 0 Å². The fraction of sp³-hybridized carbons (Fsp3) is 0.467. The molecule has 0 aromatic heterocycles. The molecule has 4 nitrogen and oxygen atoms in total. The normalized spacial score (nSPS) is 10.4. The Balaban J connectivity index is 2.43. The third kappa shape index (κ3) is 5.12. The van der Waals surface area contributed by atoms with E-state index in [1.54, 1.807) is 19.9 Å². The summed E-state index contributed by atoms with van der Waals surface area (Å²) in [7, 11) is 0. The third-order valence-electron chi connectivity index (χ3n) is 2.75. The number of carbonyl (C=O) groups is 2. The Labute approximate surface area is 114 Å². The van der Waals surface area contributed by atoms with Crippen LogP contribution in [0.4, 0.5) is 0 Å². The summed E-state index contributed by atoms with van der Waals surface area (Å²) in [4.78, 5) is 23.1. The van der Waals surface area contributed by atoms with Crippen molar-refractivity contribution in [2.45, 2.75) is 40.2 Å². The second kappa shape index (κ2) is 6.92. The van der Waals surface area contributed by atoms with Crippen LogP contribution in [-0.2, 0) is 9.53 Å². The van der Waals surface area contributed by atoms with Crippen molar-refractivity contribution in [1.82, 2.24) is 5.32 Å². The molecular formula is C15H21NO3. The minimum Gasteiger partial charge on any atom is -0.463 e. The number of ether oxygens (including phenoxy) is 1. The summed E-state index contributed by atoms with van der Waals surface area (Å²) < 4.78 is 4.98. The molecule has 1 amide bonds. The molecule has 0 aliphatic heterocycles. The van der Waals surface area contributed by atoms with Crippen molar-refractivity contribution in [3.05, 3.63) is 34.9 Å². The first-order valence-electron chi connectivity index (χ1n) is 6.45. The van der Waals surface area contributed by atoms with Crippen molar-refractivity contribution >= 4 is 11.9 Å². The van der Waals surface area contributed by atoms with Crippen LogP contribution >= 0.6 is 0 Å². The first-order chi connectivity index (χ1) is 8.90. The number of hydrogen-bond donors (Lipinski definition) is 1. The lowest BCUT2D eigenvalue weighted by Crippen LogP contribution is -2.27. The zero-order valence-electron chi connectivity index (χ0n) is 11.9. The van der Waals surface area contributed by atoms with E-state index in [4.69, 9.17) is 4.74 Å². The van der Waals surface area contributed by atoms with E-state index < -0.39 is 0 Å². The van der Waals surface area contributed by atoms with E-state index in [9.17, 15) is 9.59 Å². The van der Waals surface area contributed by atoms with Crippen LogP contribution in [0.1, 0.15) is 41.8 Å². The summed E-state index contributed by atoms with van der Waals surface area (Å²) in [5, 5.41) is 2.71. The molecule has 0 saturated heterocycles. The van der Waals surface area contributed by atoms with Crippen LogP contribution in [0.25, 0.3) is 0 Å². The van der Waals surface area contributed by atoms with Gasteiger partial charge in [0, 0.05) is 12.1 Å². The maximum atomic E-state index is 11.8. The van der Waals surface area contributed by atoms with Gasteiger partial charge in [-0.15, -0.1) is 0 Å². The van der Waals surface area contributed by atoms with E-state index in [-0.39, 0.29) is 30.9 Å². The van der Waals surface area contributed by atoms with Crippen LogP contribution in [0.5, 0.6) is 0 Å². The van der Waals surface area contributed by atoms with E-state index in [0.29, 0.717) is 5.56 Å². The standard InChI is InChI=1S/C15H21NO3/c1-10(2)19-14(17)7-8-16-15(18)13-6-5-11(3)12(4)9-13/h5-6,9-10H,7-8H2,1-4H3,(H,16,18). The number of hydrogen-bond acceptors (Lipinski definition) is 3. The Bertz CT molecular complexity index is 466. The number of carbonyl (C=O) groups excluding carboxylic acids is 2. The zero-order chi connectivity index (χ0) is 14.4. The van der Waals surface area contributed by atoms with Crippen LogP contribution in [-0.4, -0.2) is 24.5 Å². The highest BCUT2D eigenvalue weighted by Crippen LogP contribution is 2.09. The maximum absolute atomic E-state index is 11.8.